The van der Waals surface area contributed by atoms with Gasteiger partial charge in [-0.3, -0.25) is 4.55 Å². The van der Waals surface area contributed by atoms with E-state index in [-0.39, 0.29) is 29.2 Å². The molecule has 1 heterocycles. The fourth-order valence-electron chi connectivity index (χ4n) is 3.37. The summed E-state index contributed by atoms with van der Waals surface area (Å²) in [5.41, 5.74) is 1.07. The van der Waals surface area contributed by atoms with Crippen molar-refractivity contribution < 1.29 is 31.0 Å². The Labute approximate surface area is 163 Å². The van der Waals surface area contributed by atoms with E-state index in [9.17, 15) is 12.8 Å². The van der Waals surface area contributed by atoms with Crippen molar-refractivity contribution in [3.05, 3.63) is 53.8 Å². The zero-order valence-corrected chi connectivity index (χ0v) is 16.1. The van der Waals surface area contributed by atoms with E-state index in [0.717, 1.165) is 25.1 Å². The molecular formula is C19H22FNO6S. The standard InChI is InChI=1S/C19H22FNO6S/c1-25-19-10-16(6-7-18(19)27-28(22,23)24)26-12-14-11-21-9-8-17(14)13-2-4-15(20)5-3-13/h2-7,10,14,17,21H,8-9,11-12H2,1H3,(H,22,23,24)/t14-,17-/m0/s1. The third kappa shape index (κ3) is 5.34. The molecule has 0 bridgehead atoms. The molecule has 1 aliphatic rings. The first-order chi connectivity index (χ1) is 13.4. The van der Waals surface area contributed by atoms with Crippen LogP contribution in [0.2, 0.25) is 0 Å². The lowest BCUT2D eigenvalue weighted by Gasteiger charge is -2.32. The van der Waals surface area contributed by atoms with Crippen molar-refractivity contribution in [2.45, 2.75) is 12.3 Å². The lowest BCUT2D eigenvalue weighted by Crippen LogP contribution is -2.38. The van der Waals surface area contributed by atoms with Crippen LogP contribution in [0.4, 0.5) is 4.39 Å². The fourth-order valence-corrected chi connectivity index (χ4v) is 3.73. The summed E-state index contributed by atoms with van der Waals surface area (Å²) < 4.78 is 59.3. The summed E-state index contributed by atoms with van der Waals surface area (Å²) in [4.78, 5) is 0. The Hall–Kier alpha value is -2.36. The van der Waals surface area contributed by atoms with Crippen molar-refractivity contribution in [1.29, 1.82) is 0 Å². The molecule has 1 fully saturated rings. The molecule has 7 nitrogen and oxygen atoms in total. The quantitative estimate of drug-likeness (QED) is 0.677. The summed E-state index contributed by atoms with van der Waals surface area (Å²) in [6.45, 7) is 2.06. The topological polar surface area (TPSA) is 94.1 Å². The van der Waals surface area contributed by atoms with Gasteiger partial charge in [-0.15, -0.1) is 0 Å². The van der Waals surface area contributed by atoms with E-state index in [1.54, 1.807) is 0 Å². The number of halogens is 1. The zero-order chi connectivity index (χ0) is 20.1. The summed E-state index contributed by atoms with van der Waals surface area (Å²) in [5, 5.41) is 3.35. The molecule has 2 N–H and O–H groups in total. The highest BCUT2D eigenvalue weighted by Crippen LogP contribution is 2.34. The molecule has 0 unspecified atom stereocenters. The Kier molecular flexibility index (Phi) is 6.38. The molecule has 9 heteroatoms. The Morgan fingerprint density at radius 3 is 2.61 bits per heavy atom. The SMILES string of the molecule is COc1cc(OC[C@@H]2CNCC[C@H]2c2ccc(F)cc2)ccc1OS(=O)(=O)O. The van der Waals surface area contributed by atoms with Gasteiger partial charge in [0.1, 0.15) is 11.6 Å². The molecule has 0 saturated carbocycles. The van der Waals surface area contributed by atoms with Crippen LogP contribution in [0.3, 0.4) is 0 Å². The van der Waals surface area contributed by atoms with Crippen LogP contribution < -0.4 is 19.0 Å². The van der Waals surface area contributed by atoms with Crippen LogP contribution in [-0.2, 0) is 10.4 Å². The number of rotatable bonds is 7. The van der Waals surface area contributed by atoms with Crippen molar-refractivity contribution >= 4 is 10.4 Å². The third-order valence-electron chi connectivity index (χ3n) is 4.70. The summed E-state index contributed by atoms with van der Waals surface area (Å²) in [6.07, 6.45) is 0.921. The fraction of sp³-hybridized carbons (Fsp3) is 0.368. The first-order valence-electron chi connectivity index (χ1n) is 8.79. The largest absolute Gasteiger partial charge is 0.493 e. The second-order valence-corrected chi connectivity index (χ2v) is 7.57. The lowest BCUT2D eigenvalue weighted by atomic mass is 9.81. The summed E-state index contributed by atoms with van der Waals surface area (Å²) in [7, 11) is -3.30. The second kappa shape index (κ2) is 8.76. The van der Waals surface area contributed by atoms with Crippen molar-refractivity contribution in [3.8, 4) is 17.2 Å². The Morgan fingerprint density at radius 1 is 1.18 bits per heavy atom. The maximum Gasteiger partial charge on any atom is 0.446 e. The van der Waals surface area contributed by atoms with Crippen molar-refractivity contribution in [2.75, 3.05) is 26.8 Å². The molecule has 0 amide bonds. The average molecular weight is 411 g/mol. The number of ether oxygens (including phenoxy) is 2. The molecule has 1 saturated heterocycles. The molecule has 0 aromatic heterocycles. The number of hydrogen-bond acceptors (Lipinski definition) is 6. The number of methoxy groups -OCH3 is 1. The van der Waals surface area contributed by atoms with Crippen molar-refractivity contribution in [3.63, 3.8) is 0 Å². The van der Waals surface area contributed by atoms with Gasteiger partial charge in [0.25, 0.3) is 0 Å². The Bertz CT molecular complexity index is 903. The van der Waals surface area contributed by atoms with Crippen LogP contribution in [-0.4, -0.2) is 39.8 Å². The normalized spacial score (nSPS) is 19.8. The molecule has 0 radical (unpaired) electrons. The van der Waals surface area contributed by atoms with Gasteiger partial charge in [0.15, 0.2) is 11.5 Å². The van der Waals surface area contributed by atoms with Crippen LogP contribution in [0.25, 0.3) is 0 Å². The average Bonchev–Trinajstić information content (AvgIpc) is 2.67. The first kappa shape index (κ1) is 20.4. The van der Waals surface area contributed by atoms with Crippen LogP contribution in [0, 0.1) is 11.7 Å². The van der Waals surface area contributed by atoms with E-state index in [4.69, 9.17) is 14.0 Å². The van der Waals surface area contributed by atoms with Gasteiger partial charge in [0.05, 0.1) is 13.7 Å². The Morgan fingerprint density at radius 2 is 1.93 bits per heavy atom. The zero-order valence-electron chi connectivity index (χ0n) is 15.3. The minimum atomic E-state index is -4.65. The van der Waals surface area contributed by atoms with Crippen LogP contribution in [0.5, 0.6) is 17.2 Å². The van der Waals surface area contributed by atoms with Crippen LogP contribution in [0.15, 0.2) is 42.5 Å². The monoisotopic (exact) mass is 411 g/mol. The maximum absolute atomic E-state index is 13.2. The molecule has 3 rings (SSSR count). The van der Waals surface area contributed by atoms with Crippen molar-refractivity contribution in [1.82, 2.24) is 5.32 Å². The number of hydrogen-bond donors (Lipinski definition) is 2. The first-order valence-corrected chi connectivity index (χ1v) is 10.2. The van der Waals surface area contributed by atoms with Gasteiger partial charge >= 0.3 is 10.4 Å². The van der Waals surface area contributed by atoms with E-state index in [1.165, 1.54) is 37.4 Å². The number of piperidine rings is 1. The second-order valence-electron chi connectivity index (χ2n) is 6.55. The highest BCUT2D eigenvalue weighted by molar-refractivity contribution is 7.81. The minimum Gasteiger partial charge on any atom is -0.493 e. The van der Waals surface area contributed by atoms with Gasteiger partial charge in [0.2, 0.25) is 0 Å². The lowest BCUT2D eigenvalue weighted by molar-refractivity contribution is 0.196. The van der Waals surface area contributed by atoms with E-state index >= 15 is 0 Å². The predicted molar refractivity (Wildman–Crippen MR) is 101 cm³/mol. The number of benzene rings is 2. The summed E-state index contributed by atoms with van der Waals surface area (Å²) >= 11 is 0. The highest BCUT2D eigenvalue weighted by Gasteiger charge is 2.27. The van der Waals surface area contributed by atoms with Gasteiger partial charge in [0, 0.05) is 18.5 Å². The van der Waals surface area contributed by atoms with Gasteiger partial charge in [-0.1, -0.05) is 12.1 Å². The highest BCUT2D eigenvalue weighted by atomic mass is 32.3. The molecule has 2 aromatic carbocycles. The molecule has 1 aliphatic heterocycles. The molecule has 28 heavy (non-hydrogen) atoms. The molecule has 2 aromatic rings. The molecule has 2 atom stereocenters. The van der Waals surface area contributed by atoms with E-state index in [2.05, 4.69) is 9.50 Å². The van der Waals surface area contributed by atoms with Crippen LogP contribution in [0.1, 0.15) is 17.9 Å². The predicted octanol–water partition coefficient (Wildman–Crippen LogP) is 2.79. The summed E-state index contributed by atoms with van der Waals surface area (Å²) in [5.74, 6) is 0.616. The van der Waals surface area contributed by atoms with Crippen LogP contribution >= 0.6 is 0 Å². The third-order valence-corrected chi connectivity index (χ3v) is 5.09. The Balaban J connectivity index is 1.70. The number of nitrogens with one attached hydrogen (secondary N) is 1. The minimum absolute atomic E-state index is 0.118. The molecular weight excluding hydrogens is 389 g/mol. The molecule has 0 spiro atoms. The van der Waals surface area contributed by atoms with E-state index in [1.807, 2.05) is 12.1 Å². The maximum atomic E-state index is 13.2. The summed E-state index contributed by atoms with van der Waals surface area (Å²) in [6, 6.07) is 10.9. The smallest absolute Gasteiger partial charge is 0.446 e. The van der Waals surface area contributed by atoms with Gasteiger partial charge in [-0.2, -0.15) is 8.42 Å². The van der Waals surface area contributed by atoms with Crippen molar-refractivity contribution in [2.24, 2.45) is 5.92 Å². The molecule has 0 aliphatic carbocycles. The van der Waals surface area contributed by atoms with E-state index in [0.29, 0.717) is 12.4 Å². The van der Waals surface area contributed by atoms with Gasteiger partial charge < -0.3 is 19.0 Å². The van der Waals surface area contributed by atoms with E-state index < -0.39 is 10.4 Å². The molecule has 152 valence electrons. The van der Waals surface area contributed by atoms with Gasteiger partial charge in [-0.05, 0) is 48.7 Å². The van der Waals surface area contributed by atoms with Gasteiger partial charge in [-0.25, -0.2) is 4.39 Å².